The van der Waals surface area contributed by atoms with Crippen LogP contribution in [0.2, 0.25) is 0 Å². The fourth-order valence-electron chi connectivity index (χ4n) is 1.84. The molecule has 1 heterocycles. The van der Waals surface area contributed by atoms with Crippen LogP contribution in [0.5, 0.6) is 5.75 Å². The molecular weight excluding hydrogens is 226 g/mol. The summed E-state index contributed by atoms with van der Waals surface area (Å²) in [5, 5.41) is 10.8. The van der Waals surface area contributed by atoms with Gasteiger partial charge in [0.25, 0.3) is 0 Å². The predicted octanol–water partition coefficient (Wildman–Crippen LogP) is 1.98. The van der Waals surface area contributed by atoms with Crippen molar-refractivity contribution in [3.8, 4) is 5.75 Å². The fourth-order valence-corrected chi connectivity index (χ4v) is 1.84. The van der Waals surface area contributed by atoms with E-state index in [0.717, 1.165) is 0 Å². The minimum Gasteiger partial charge on any atom is -0.486 e. The van der Waals surface area contributed by atoms with Gasteiger partial charge in [0.2, 0.25) is 5.75 Å². The zero-order chi connectivity index (χ0) is 12.4. The fraction of sp³-hybridized carbons (Fsp3) is 0.364. The van der Waals surface area contributed by atoms with Crippen molar-refractivity contribution in [1.29, 1.82) is 0 Å². The van der Waals surface area contributed by atoms with Crippen molar-refractivity contribution in [3.05, 3.63) is 33.9 Å². The number of hydrogen-bond donors (Lipinski definition) is 0. The number of para-hydroxylation sites is 1. The Labute approximate surface area is 97.3 Å². The smallest absolute Gasteiger partial charge is 0.311 e. The summed E-state index contributed by atoms with van der Waals surface area (Å²) in [4.78, 5) is 21.3. The van der Waals surface area contributed by atoms with Crippen LogP contribution < -0.4 is 4.74 Å². The number of rotatable bonds is 2. The van der Waals surface area contributed by atoms with Gasteiger partial charge in [-0.05, 0) is 0 Å². The molecule has 1 aromatic rings. The van der Waals surface area contributed by atoms with E-state index in [2.05, 4.69) is 0 Å². The number of ether oxygens (including phenoxy) is 2. The van der Waals surface area contributed by atoms with Crippen LogP contribution in [0.1, 0.15) is 25.0 Å². The first-order chi connectivity index (χ1) is 8.09. The van der Waals surface area contributed by atoms with E-state index < -0.39 is 17.0 Å². The van der Waals surface area contributed by atoms with Gasteiger partial charge in [0.15, 0.2) is 0 Å². The third-order valence-electron chi connectivity index (χ3n) is 2.50. The van der Waals surface area contributed by atoms with Gasteiger partial charge in [0.05, 0.1) is 11.5 Å². The summed E-state index contributed by atoms with van der Waals surface area (Å²) >= 11 is 0. The molecule has 0 radical (unpaired) electrons. The highest BCUT2D eigenvalue weighted by atomic mass is 16.6. The quantitative estimate of drug-likeness (QED) is 0.446. The van der Waals surface area contributed by atoms with Crippen molar-refractivity contribution in [1.82, 2.24) is 0 Å². The van der Waals surface area contributed by atoms with Crippen molar-refractivity contribution in [2.24, 2.45) is 0 Å². The molecule has 0 amide bonds. The summed E-state index contributed by atoms with van der Waals surface area (Å²) < 4.78 is 10.4. The summed E-state index contributed by atoms with van der Waals surface area (Å²) in [5.74, 6) is -0.204. The first-order valence-corrected chi connectivity index (χ1v) is 5.17. The third kappa shape index (κ3) is 2.20. The molecule has 90 valence electrons. The number of nitro benzene ring substituents is 1. The highest BCUT2D eigenvalue weighted by Crippen LogP contribution is 2.40. The lowest BCUT2D eigenvalue weighted by Crippen LogP contribution is -2.19. The Morgan fingerprint density at radius 1 is 1.59 bits per heavy atom. The highest BCUT2D eigenvalue weighted by molar-refractivity contribution is 5.67. The van der Waals surface area contributed by atoms with Crippen LogP contribution in [0.15, 0.2) is 18.2 Å². The maximum Gasteiger partial charge on any atom is 0.311 e. The summed E-state index contributed by atoms with van der Waals surface area (Å²) in [6.07, 6.45) is 0.0458. The monoisotopic (exact) mass is 237 g/mol. The number of benzene rings is 1. The molecule has 0 saturated heterocycles. The van der Waals surface area contributed by atoms with Gasteiger partial charge in [-0.25, -0.2) is 0 Å². The topological polar surface area (TPSA) is 78.7 Å². The van der Waals surface area contributed by atoms with Crippen LogP contribution in [0.3, 0.4) is 0 Å². The van der Waals surface area contributed by atoms with Crippen molar-refractivity contribution in [3.63, 3.8) is 0 Å². The second-order valence-electron chi connectivity index (χ2n) is 3.69. The lowest BCUT2D eigenvalue weighted by molar-refractivity contribution is -0.386. The Balaban J connectivity index is 2.42. The van der Waals surface area contributed by atoms with Gasteiger partial charge in [0, 0.05) is 25.0 Å². The van der Waals surface area contributed by atoms with Crippen LogP contribution in [-0.2, 0) is 9.53 Å². The van der Waals surface area contributed by atoms with E-state index >= 15 is 0 Å². The summed E-state index contributed by atoms with van der Waals surface area (Å²) in [7, 11) is 0. The molecule has 6 nitrogen and oxygen atoms in total. The molecule has 2 rings (SSSR count). The lowest BCUT2D eigenvalue weighted by atomic mass is 10.0. The van der Waals surface area contributed by atoms with Gasteiger partial charge in [-0.15, -0.1) is 0 Å². The average molecular weight is 237 g/mol. The molecule has 17 heavy (non-hydrogen) atoms. The first-order valence-electron chi connectivity index (χ1n) is 5.17. The number of nitrogens with zero attached hydrogens (tertiary/aromatic N) is 1. The van der Waals surface area contributed by atoms with Gasteiger partial charge in [-0.3, -0.25) is 14.9 Å². The molecule has 0 aliphatic carbocycles. The molecule has 0 aromatic heterocycles. The minimum atomic E-state index is -0.505. The van der Waals surface area contributed by atoms with E-state index in [1.165, 1.54) is 13.0 Å². The van der Waals surface area contributed by atoms with E-state index in [-0.39, 0.29) is 11.4 Å². The molecule has 6 heteroatoms. The zero-order valence-electron chi connectivity index (χ0n) is 9.21. The first kappa shape index (κ1) is 11.4. The van der Waals surface area contributed by atoms with Crippen molar-refractivity contribution in [2.45, 2.75) is 19.4 Å². The lowest BCUT2D eigenvalue weighted by Gasteiger charge is -2.24. The number of nitro groups is 1. The zero-order valence-corrected chi connectivity index (χ0v) is 9.21. The van der Waals surface area contributed by atoms with Gasteiger partial charge in [-0.1, -0.05) is 12.1 Å². The molecule has 0 bridgehead atoms. The molecule has 0 spiro atoms. The van der Waals surface area contributed by atoms with E-state index in [1.54, 1.807) is 12.1 Å². The molecule has 0 fully saturated rings. The van der Waals surface area contributed by atoms with Crippen LogP contribution in [-0.4, -0.2) is 17.5 Å². The second kappa shape index (κ2) is 4.40. The Hall–Kier alpha value is -2.11. The Kier molecular flexibility index (Phi) is 2.95. The van der Waals surface area contributed by atoms with Crippen LogP contribution in [0.4, 0.5) is 5.69 Å². The molecule has 1 aromatic carbocycles. The number of carbonyl (C=O) groups is 1. The van der Waals surface area contributed by atoms with Crippen LogP contribution in [0.25, 0.3) is 0 Å². The maximum absolute atomic E-state index is 10.9. The normalized spacial score (nSPS) is 17.8. The second-order valence-corrected chi connectivity index (χ2v) is 3.69. The van der Waals surface area contributed by atoms with E-state index in [9.17, 15) is 14.9 Å². The molecule has 1 unspecified atom stereocenters. The minimum absolute atomic E-state index is 0.0978. The SMILES string of the molecule is CC(=O)OC1CCOc2c1cccc2[N+](=O)[O-]. The molecular formula is C11H11NO5. The number of carbonyl (C=O) groups excluding carboxylic acids is 1. The van der Waals surface area contributed by atoms with E-state index in [4.69, 9.17) is 9.47 Å². The summed E-state index contributed by atoms with van der Waals surface area (Å²) in [6, 6.07) is 4.60. The summed E-state index contributed by atoms with van der Waals surface area (Å²) in [5.41, 5.74) is 0.458. The molecule has 0 saturated carbocycles. The third-order valence-corrected chi connectivity index (χ3v) is 2.50. The molecule has 1 aliphatic rings. The van der Waals surface area contributed by atoms with Crippen molar-refractivity contribution < 1.29 is 19.2 Å². The average Bonchev–Trinajstić information content (AvgIpc) is 2.28. The number of fused-ring (bicyclic) bond motifs is 1. The van der Waals surface area contributed by atoms with Crippen molar-refractivity contribution >= 4 is 11.7 Å². The van der Waals surface area contributed by atoms with Gasteiger partial charge in [-0.2, -0.15) is 0 Å². The number of hydrogen-bond acceptors (Lipinski definition) is 5. The highest BCUT2D eigenvalue weighted by Gasteiger charge is 2.29. The number of esters is 1. The van der Waals surface area contributed by atoms with Crippen LogP contribution >= 0.6 is 0 Å². The van der Waals surface area contributed by atoms with E-state index in [1.807, 2.05) is 0 Å². The molecule has 0 N–H and O–H groups in total. The van der Waals surface area contributed by atoms with E-state index in [0.29, 0.717) is 18.6 Å². The maximum atomic E-state index is 10.9. The van der Waals surface area contributed by atoms with Crippen LogP contribution in [0, 0.1) is 10.1 Å². The summed E-state index contributed by atoms with van der Waals surface area (Å²) in [6.45, 7) is 1.61. The largest absolute Gasteiger partial charge is 0.486 e. The standard InChI is InChI=1S/C11H11NO5/c1-7(13)17-10-5-6-16-11-8(10)3-2-4-9(11)12(14)15/h2-4,10H,5-6H2,1H3. The van der Waals surface area contributed by atoms with Gasteiger partial charge in [0.1, 0.15) is 6.10 Å². The predicted molar refractivity (Wildman–Crippen MR) is 57.7 cm³/mol. The van der Waals surface area contributed by atoms with Gasteiger partial charge < -0.3 is 9.47 Å². The molecule has 1 aliphatic heterocycles. The Morgan fingerprint density at radius 3 is 3.00 bits per heavy atom. The Bertz CT molecular complexity index is 471. The Morgan fingerprint density at radius 2 is 2.35 bits per heavy atom. The molecule has 1 atom stereocenters. The van der Waals surface area contributed by atoms with Gasteiger partial charge >= 0.3 is 11.7 Å². The van der Waals surface area contributed by atoms with Crippen molar-refractivity contribution in [2.75, 3.05) is 6.61 Å².